The SMILES string of the molecule is [B]c1c([B])c([B])c(-c2ccc(-c3nc(-c4ccccc4)nc(-c4cccc5c4oc4cccc(-c6cccc7c6oc6ccccc67)c45)n3)cc2)c([B])c1[B]. The molecule has 0 N–H and O–H groups in total. The predicted molar refractivity (Wildman–Crippen MR) is 229 cm³/mol. The van der Waals surface area contributed by atoms with Crippen LogP contribution >= 0.6 is 0 Å². The number of benzene rings is 7. The number of rotatable bonds is 5. The number of nitrogens with zero attached hydrogens (tertiary/aromatic N) is 3. The summed E-state index contributed by atoms with van der Waals surface area (Å²) in [7, 11) is 31.1. The van der Waals surface area contributed by atoms with Crippen molar-refractivity contribution >= 4 is 110 Å². The second kappa shape index (κ2) is 12.8. The van der Waals surface area contributed by atoms with E-state index in [4.69, 9.17) is 63.0 Å². The van der Waals surface area contributed by atoms with Gasteiger partial charge in [-0.2, -0.15) is 0 Å². The van der Waals surface area contributed by atoms with E-state index in [1.807, 2.05) is 97.1 Å². The van der Waals surface area contributed by atoms with Crippen LogP contribution < -0.4 is 27.3 Å². The molecule has 0 atom stereocenters. The van der Waals surface area contributed by atoms with Gasteiger partial charge in [-0.15, -0.1) is 16.4 Å². The molecule has 10 aromatic rings. The maximum absolute atomic E-state index is 6.69. The molecule has 0 amide bonds. The van der Waals surface area contributed by atoms with E-state index >= 15 is 0 Å². The lowest BCUT2D eigenvalue weighted by atomic mass is 9.59. The van der Waals surface area contributed by atoms with Gasteiger partial charge >= 0.3 is 0 Å². The summed E-state index contributed by atoms with van der Waals surface area (Å²) in [5.41, 5.74) is 9.71. The Balaban J connectivity index is 1.14. The second-order valence-corrected chi connectivity index (χ2v) is 13.4. The molecule has 0 unspecified atom stereocenters. The Morgan fingerprint density at radius 3 is 1.58 bits per heavy atom. The van der Waals surface area contributed by atoms with E-state index in [9.17, 15) is 0 Å². The van der Waals surface area contributed by atoms with E-state index in [-0.39, 0.29) is 27.3 Å². The highest BCUT2D eigenvalue weighted by atomic mass is 16.3. The van der Waals surface area contributed by atoms with Crippen LogP contribution in [0, 0.1) is 0 Å². The third kappa shape index (κ3) is 5.27. The Morgan fingerprint density at radius 2 is 0.836 bits per heavy atom. The van der Waals surface area contributed by atoms with Crippen molar-refractivity contribution in [2.75, 3.05) is 0 Å². The van der Waals surface area contributed by atoms with E-state index < -0.39 is 0 Å². The maximum atomic E-state index is 6.69. The van der Waals surface area contributed by atoms with Crippen LogP contribution in [-0.4, -0.2) is 54.2 Å². The molecule has 7 aromatic carbocycles. The van der Waals surface area contributed by atoms with Crippen molar-refractivity contribution in [3.05, 3.63) is 133 Å². The molecule has 244 valence electrons. The summed E-state index contributed by atoms with van der Waals surface area (Å²) in [6.07, 6.45) is 0. The highest BCUT2D eigenvalue weighted by molar-refractivity contribution is 6.68. The summed E-state index contributed by atoms with van der Waals surface area (Å²) >= 11 is 0. The van der Waals surface area contributed by atoms with Gasteiger partial charge in [0, 0.05) is 38.2 Å². The number of hydrogen-bond donors (Lipinski definition) is 0. The first kappa shape index (κ1) is 33.1. The Bertz CT molecular complexity index is 3130. The largest absolute Gasteiger partial charge is 0.455 e. The Morgan fingerprint density at radius 1 is 0.345 bits per heavy atom. The lowest BCUT2D eigenvalue weighted by molar-refractivity contribution is 0.669. The lowest BCUT2D eigenvalue weighted by Gasteiger charge is -2.21. The Labute approximate surface area is 322 Å². The molecule has 3 aromatic heterocycles. The van der Waals surface area contributed by atoms with E-state index in [1.54, 1.807) is 0 Å². The van der Waals surface area contributed by atoms with Gasteiger partial charge in [-0.25, -0.2) is 15.0 Å². The van der Waals surface area contributed by atoms with Crippen LogP contribution in [-0.2, 0) is 0 Å². The average molecular weight is 691 g/mol. The zero-order chi connectivity index (χ0) is 37.4. The van der Waals surface area contributed by atoms with Gasteiger partial charge in [0.15, 0.2) is 17.5 Å². The lowest BCUT2D eigenvalue weighted by Crippen LogP contribution is -2.55. The predicted octanol–water partition coefficient (Wildman–Crippen LogP) is 5.97. The number of aromatic nitrogens is 3. The molecule has 0 fully saturated rings. The summed E-state index contributed by atoms with van der Waals surface area (Å²) in [5.74, 6) is 1.45. The molecule has 10 radical (unpaired) electrons. The zero-order valence-corrected chi connectivity index (χ0v) is 29.2. The molecule has 3 heterocycles. The Hall–Kier alpha value is -6.53. The van der Waals surface area contributed by atoms with Crippen LogP contribution in [0.3, 0.4) is 0 Å². The molecule has 0 aliphatic rings. The number of hydrogen-bond acceptors (Lipinski definition) is 5. The van der Waals surface area contributed by atoms with Crippen LogP contribution in [0.25, 0.3) is 100 Å². The summed E-state index contributed by atoms with van der Waals surface area (Å²) < 4.78 is 13.1. The maximum Gasteiger partial charge on any atom is 0.167 e. The molecular formula is C45H22B5N3O2. The smallest absolute Gasteiger partial charge is 0.167 e. The standard InChI is InChI=1S/C45H22B5N3O2/c46-36-34(37(47)39(49)40(50)38(36)48)23-19-21-25(22-20-23)44-51-43(24-9-2-1-3-10-24)52-45(53-44)31-16-7-15-30-35-27(12-8-18-33(35)55-42(30)31)29-14-6-13-28-26-11-4-5-17-32(26)54-41(28)29/h1-22H. The molecule has 0 saturated heterocycles. The van der Waals surface area contributed by atoms with Crippen molar-refractivity contribution in [1.82, 2.24) is 15.0 Å². The van der Waals surface area contributed by atoms with Gasteiger partial charge in [-0.1, -0.05) is 126 Å². The first-order valence-corrected chi connectivity index (χ1v) is 17.6. The van der Waals surface area contributed by atoms with E-state index in [0.29, 0.717) is 28.6 Å². The quantitative estimate of drug-likeness (QED) is 0.208. The summed E-state index contributed by atoms with van der Waals surface area (Å²) in [6.45, 7) is 0. The van der Waals surface area contributed by atoms with Gasteiger partial charge in [-0.05, 0) is 34.9 Å². The minimum Gasteiger partial charge on any atom is -0.455 e. The minimum atomic E-state index is 0.167. The fourth-order valence-corrected chi connectivity index (χ4v) is 7.50. The van der Waals surface area contributed by atoms with Crippen LogP contribution in [0.5, 0.6) is 0 Å². The molecule has 55 heavy (non-hydrogen) atoms. The average Bonchev–Trinajstić information content (AvgIpc) is 3.82. The third-order valence-corrected chi connectivity index (χ3v) is 10.3. The van der Waals surface area contributed by atoms with Crippen molar-refractivity contribution in [3.8, 4) is 56.4 Å². The molecule has 0 bridgehead atoms. The van der Waals surface area contributed by atoms with Crippen molar-refractivity contribution in [1.29, 1.82) is 0 Å². The fourth-order valence-electron chi connectivity index (χ4n) is 7.50. The fraction of sp³-hybridized carbons (Fsp3) is 0. The molecule has 0 aliphatic carbocycles. The highest BCUT2D eigenvalue weighted by Crippen LogP contribution is 2.43. The first-order chi connectivity index (χ1) is 26.9. The molecule has 0 spiro atoms. The molecule has 5 nitrogen and oxygen atoms in total. The van der Waals surface area contributed by atoms with Crippen molar-refractivity contribution in [2.45, 2.75) is 0 Å². The van der Waals surface area contributed by atoms with Gasteiger partial charge in [0.1, 0.15) is 61.6 Å². The van der Waals surface area contributed by atoms with Crippen molar-refractivity contribution in [3.63, 3.8) is 0 Å². The van der Waals surface area contributed by atoms with Crippen LogP contribution in [0.15, 0.2) is 142 Å². The monoisotopic (exact) mass is 691 g/mol. The van der Waals surface area contributed by atoms with Crippen molar-refractivity contribution in [2.24, 2.45) is 0 Å². The van der Waals surface area contributed by atoms with Gasteiger partial charge in [-0.3, -0.25) is 0 Å². The molecular weight excluding hydrogens is 669 g/mol. The highest BCUT2D eigenvalue weighted by Gasteiger charge is 2.21. The molecule has 10 rings (SSSR count). The van der Waals surface area contributed by atoms with Crippen molar-refractivity contribution < 1.29 is 8.83 Å². The van der Waals surface area contributed by atoms with Crippen LogP contribution in [0.4, 0.5) is 0 Å². The normalized spacial score (nSPS) is 11.6. The van der Waals surface area contributed by atoms with Crippen LogP contribution in [0.1, 0.15) is 0 Å². The van der Waals surface area contributed by atoms with Gasteiger partial charge in [0.05, 0.1) is 5.56 Å². The summed E-state index contributed by atoms with van der Waals surface area (Å²) in [6, 6.07) is 43.9. The molecule has 10 heteroatoms. The summed E-state index contributed by atoms with van der Waals surface area (Å²) in [5, 5.41) is 4.05. The zero-order valence-electron chi connectivity index (χ0n) is 29.2. The van der Waals surface area contributed by atoms with E-state index in [0.717, 1.165) is 71.7 Å². The minimum absolute atomic E-state index is 0.167. The summed E-state index contributed by atoms with van der Waals surface area (Å²) in [4.78, 5) is 15.0. The topological polar surface area (TPSA) is 65.0 Å². The Kier molecular flexibility index (Phi) is 7.70. The van der Waals surface area contributed by atoms with Gasteiger partial charge in [0.2, 0.25) is 0 Å². The van der Waals surface area contributed by atoms with Gasteiger partial charge < -0.3 is 8.83 Å². The van der Waals surface area contributed by atoms with E-state index in [2.05, 4.69) is 36.4 Å². The first-order valence-electron chi connectivity index (χ1n) is 17.6. The van der Waals surface area contributed by atoms with Gasteiger partial charge in [0.25, 0.3) is 0 Å². The number of para-hydroxylation sites is 3. The van der Waals surface area contributed by atoms with Crippen LogP contribution in [0.2, 0.25) is 0 Å². The number of fused-ring (bicyclic) bond motifs is 6. The molecule has 0 aliphatic heterocycles. The second-order valence-electron chi connectivity index (χ2n) is 13.4. The number of furan rings is 2. The third-order valence-electron chi connectivity index (χ3n) is 10.3. The van der Waals surface area contributed by atoms with E-state index in [1.165, 1.54) is 0 Å². The molecule has 0 saturated carbocycles.